The molecule has 0 saturated heterocycles. The first-order chi connectivity index (χ1) is 17.8. The van der Waals surface area contributed by atoms with Crippen LogP contribution in [0.4, 0.5) is 5.69 Å². The molecule has 190 valence electrons. The van der Waals surface area contributed by atoms with Crippen LogP contribution in [0.5, 0.6) is 5.75 Å². The smallest absolute Gasteiger partial charge is 0.338 e. The van der Waals surface area contributed by atoms with Gasteiger partial charge >= 0.3 is 5.97 Å². The highest BCUT2D eigenvalue weighted by Crippen LogP contribution is 2.24. The number of ether oxygens (including phenoxy) is 2. The van der Waals surface area contributed by atoms with Gasteiger partial charge in [0.1, 0.15) is 12.4 Å². The normalized spacial score (nSPS) is 10.7. The molecule has 0 aliphatic rings. The Balaban J connectivity index is 1.49. The Bertz CT molecular complexity index is 1460. The van der Waals surface area contributed by atoms with E-state index < -0.39 is 5.97 Å². The van der Waals surface area contributed by atoms with Gasteiger partial charge in [0.15, 0.2) is 0 Å². The minimum absolute atomic E-state index is 0.228. The van der Waals surface area contributed by atoms with Crippen molar-refractivity contribution in [2.45, 2.75) is 40.8 Å². The number of nitrogens with zero attached hydrogens (tertiary/aromatic N) is 2. The molecule has 0 saturated carbocycles. The van der Waals surface area contributed by atoms with Gasteiger partial charge in [0.25, 0.3) is 5.91 Å². The van der Waals surface area contributed by atoms with Crippen molar-refractivity contribution in [2.24, 2.45) is 0 Å². The molecule has 0 radical (unpaired) electrons. The van der Waals surface area contributed by atoms with Crippen LogP contribution in [-0.2, 0) is 17.9 Å². The molecule has 0 bridgehead atoms. The van der Waals surface area contributed by atoms with Gasteiger partial charge in [-0.3, -0.25) is 9.48 Å². The van der Waals surface area contributed by atoms with Crippen molar-refractivity contribution < 1.29 is 19.1 Å². The van der Waals surface area contributed by atoms with Gasteiger partial charge in [0, 0.05) is 5.56 Å². The summed E-state index contributed by atoms with van der Waals surface area (Å²) in [6.07, 6.45) is 0. The lowest BCUT2D eigenvalue weighted by molar-refractivity contribution is 0.0599. The average Bonchev–Trinajstić information content (AvgIpc) is 3.16. The second-order valence-corrected chi connectivity index (χ2v) is 9.06. The van der Waals surface area contributed by atoms with Gasteiger partial charge in [-0.15, -0.1) is 0 Å². The summed E-state index contributed by atoms with van der Waals surface area (Å²) in [5.41, 5.74) is 7.04. The second kappa shape index (κ2) is 11.1. The predicted molar refractivity (Wildman–Crippen MR) is 143 cm³/mol. The number of benzene rings is 3. The minimum Gasteiger partial charge on any atom is -0.489 e. The number of aryl methyl sites for hydroxylation is 3. The SMILES string of the molecule is COC(=O)c1ccccc1Cn1nc(C)c(NC(=O)c2cccc(COc3cc(C)ccc3C)c2)c1C. The van der Waals surface area contributed by atoms with Gasteiger partial charge in [-0.25, -0.2) is 4.79 Å². The van der Waals surface area contributed by atoms with E-state index in [1.54, 1.807) is 22.9 Å². The van der Waals surface area contributed by atoms with Crippen molar-refractivity contribution in [2.75, 3.05) is 12.4 Å². The number of anilines is 1. The largest absolute Gasteiger partial charge is 0.489 e. The fourth-order valence-corrected chi connectivity index (χ4v) is 4.17. The summed E-state index contributed by atoms with van der Waals surface area (Å²) in [7, 11) is 1.36. The third-order valence-electron chi connectivity index (χ3n) is 6.29. The first kappa shape index (κ1) is 25.7. The molecule has 3 aromatic carbocycles. The Morgan fingerprint density at radius 3 is 2.51 bits per heavy atom. The number of hydrogen-bond acceptors (Lipinski definition) is 5. The van der Waals surface area contributed by atoms with Crippen molar-refractivity contribution in [1.82, 2.24) is 9.78 Å². The van der Waals surface area contributed by atoms with Gasteiger partial charge in [-0.05, 0) is 74.2 Å². The maximum atomic E-state index is 13.1. The molecule has 0 fully saturated rings. The maximum Gasteiger partial charge on any atom is 0.338 e. The van der Waals surface area contributed by atoms with E-state index in [4.69, 9.17) is 9.47 Å². The van der Waals surface area contributed by atoms with E-state index in [2.05, 4.69) is 16.5 Å². The lowest BCUT2D eigenvalue weighted by atomic mass is 10.1. The highest BCUT2D eigenvalue weighted by Gasteiger charge is 2.18. The maximum absolute atomic E-state index is 13.1. The number of carbonyl (C=O) groups is 2. The van der Waals surface area contributed by atoms with Crippen LogP contribution in [0.25, 0.3) is 0 Å². The number of methoxy groups -OCH3 is 1. The Morgan fingerprint density at radius 1 is 0.946 bits per heavy atom. The molecule has 4 aromatic rings. The predicted octanol–water partition coefficient (Wildman–Crippen LogP) is 5.78. The van der Waals surface area contributed by atoms with E-state index in [1.165, 1.54) is 7.11 Å². The van der Waals surface area contributed by atoms with Crippen LogP contribution in [0.15, 0.2) is 66.7 Å². The van der Waals surface area contributed by atoms with Crippen molar-refractivity contribution in [3.8, 4) is 5.75 Å². The molecule has 1 N–H and O–H groups in total. The molecule has 0 atom stereocenters. The van der Waals surface area contributed by atoms with E-state index >= 15 is 0 Å². The van der Waals surface area contributed by atoms with Crippen LogP contribution in [0, 0.1) is 27.7 Å². The van der Waals surface area contributed by atoms with E-state index in [9.17, 15) is 9.59 Å². The number of nitrogens with one attached hydrogen (secondary N) is 1. The van der Waals surface area contributed by atoms with Crippen LogP contribution < -0.4 is 10.1 Å². The van der Waals surface area contributed by atoms with Crippen LogP contribution in [0.3, 0.4) is 0 Å². The summed E-state index contributed by atoms with van der Waals surface area (Å²) in [6, 6.07) is 20.8. The lowest BCUT2D eigenvalue weighted by Gasteiger charge is -2.12. The lowest BCUT2D eigenvalue weighted by Crippen LogP contribution is -2.14. The molecule has 1 aromatic heterocycles. The molecule has 37 heavy (non-hydrogen) atoms. The number of hydrogen-bond donors (Lipinski definition) is 1. The standard InChI is InChI=1S/C30H31N3O4/c1-19-13-14-20(2)27(15-19)37-18-23-9-8-11-24(16-23)29(34)31-28-21(3)32-33(22(28)4)17-25-10-6-7-12-26(25)30(35)36-5/h6-16H,17-18H2,1-5H3,(H,31,34). The van der Waals surface area contributed by atoms with Crippen molar-refractivity contribution in [1.29, 1.82) is 0 Å². The summed E-state index contributed by atoms with van der Waals surface area (Å²) in [5, 5.41) is 7.62. The fourth-order valence-electron chi connectivity index (χ4n) is 4.17. The summed E-state index contributed by atoms with van der Waals surface area (Å²) in [5.74, 6) is 0.212. The molecule has 0 aliphatic carbocycles. The Hall–Kier alpha value is -4.39. The minimum atomic E-state index is -0.396. The summed E-state index contributed by atoms with van der Waals surface area (Å²) in [6.45, 7) is 8.52. The average molecular weight is 498 g/mol. The summed E-state index contributed by atoms with van der Waals surface area (Å²) < 4.78 is 12.7. The van der Waals surface area contributed by atoms with E-state index in [-0.39, 0.29) is 5.91 Å². The number of esters is 1. The Kier molecular flexibility index (Phi) is 7.72. The quantitative estimate of drug-likeness (QED) is 0.312. The monoisotopic (exact) mass is 497 g/mol. The van der Waals surface area contributed by atoms with E-state index in [0.29, 0.717) is 35.7 Å². The number of carbonyl (C=O) groups excluding carboxylic acids is 2. The molecule has 7 heteroatoms. The van der Waals surface area contributed by atoms with Crippen LogP contribution >= 0.6 is 0 Å². The summed E-state index contributed by atoms with van der Waals surface area (Å²) >= 11 is 0. The van der Waals surface area contributed by atoms with E-state index in [1.807, 2.05) is 70.2 Å². The van der Waals surface area contributed by atoms with Gasteiger partial charge in [0.2, 0.25) is 0 Å². The zero-order valence-electron chi connectivity index (χ0n) is 21.8. The molecule has 0 unspecified atom stereocenters. The highest BCUT2D eigenvalue weighted by atomic mass is 16.5. The first-order valence-corrected chi connectivity index (χ1v) is 12.1. The van der Waals surface area contributed by atoms with Gasteiger partial charge in [0.05, 0.1) is 36.3 Å². The zero-order valence-corrected chi connectivity index (χ0v) is 21.8. The topological polar surface area (TPSA) is 82.5 Å². The van der Waals surface area contributed by atoms with Gasteiger partial charge < -0.3 is 14.8 Å². The van der Waals surface area contributed by atoms with Gasteiger partial charge in [-0.2, -0.15) is 5.10 Å². The third kappa shape index (κ3) is 5.89. The van der Waals surface area contributed by atoms with E-state index in [0.717, 1.165) is 33.7 Å². The molecule has 0 spiro atoms. The third-order valence-corrected chi connectivity index (χ3v) is 6.29. The first-order valence-electron chi connectivity index (χ1n) is 12.1. The number of rotatable bonds is 8. The summed E-state index contributed by atoms with van der Waals surface area (Å²) in [4.78, 5) is 25.3. The Labute approximate surface area is 217 Å². The van der Waals surface area contributed by atoms with Gasteiger partial charge in [-0.1, -0.05) is 42.5 Å². The van der Waals surface area contributed by atoms with Crippen LogP contribution in [0.2, 0.25) is 0 Å². The number of amides is 1. The molecular weight excluding hydrogens is 466 g/mol. The highest BCUT2D eigenvalue weighted by molar-refractivity contribution is 6.05. The van der Waals surface area contributed by atoms with Crippen molar-refractivity contribution >= 4 is 17.6 Å². The zero-order chi connectivity index (χ0) is 26.5. The fraction of sp³-hybridized carbons (Fsp3) is 0.233. The molecule has 0 aliphatic heterocycles. The molecule has 4 rings (SSSR count). The Morgan fingerprint density at radius 2 is 1.73 bits per heavy atom. The number of aromatic nitrogens is 2. The second-order valence-electron chi connectivity index (χ2n) is 9.06. The van der Waals surface area contributed by atoms with Crippen LogP contribution in [-0.4, -0.2) is 28.8 Å². The van der Waals surface area contributed by atoms with Crippen molar-refractivity contribution in [3.05, 3.63) is 111 Å². The van der Waals surface area contributed by atoms with Crippen LogP contribution in [0.1, 0.15) is 54.4 Å². The molecular formula is C30H31N3O4. The van der Waals surface area contributed by atoms with Crippen molar-refractivity contribution in [3.63, 3.8) is 0 Å². The molecule has 1 heterocycles. The molecule has 1 amide bonds. The molecule has 7 nitrogen and oxygen atoms in total.